The Labute approximate surface area is 195 Å². The topological polar surface area (TPSA) is 81.3 Å². The van der Waals surface area contributed by atoms with Gasteiger partial charge in [-0.25, -0.2) is 8.96 Å². The predicted molar refractivity (Wildman–Crippen MR) is 127 cm³/mol. The maximum absolute atomic E-state index is 14.0. The summed E-state index contributed by atoms with van der Waals surface area (Å²) in [6.07, 6.45) is 0. The van der Waals surface area contributed by atoms with Gasteiger partial charge in [0.15, 0.2) is 5.16 Å². The van der Waals surface area contributed by atoms with Crippen LogP contribution in [0.15, 0.2) is 82.7 Å². The molecule has 0 atom stereocenters. The summed E-state index contributed by atoms with van der Waals surface area (Å²) in [5.41, 5.74) is 1.10. The smallest absolute Gasteiger partial charge is 0.267 e. The molecular weight excluding hydrogens is 465 g/mol. The highest BCUT2D eigenvalue weighted by Crippen LogP contribution is 2.24. The van der Waals surface area contributed by atoms with E-state index in [1.54, 1.807) is 22.6 Å². The average Bonchev–Trinajstić information content (AvgIpc) is 3.24. The number of para-hydroxylation sites is 2. The Kier molecular flexibility index (Phi) is 5.57. The molecule has 0 bridgehead atoms. The van der Waals surface area contributed by atoms with Gasteiger partial charge in [-0.15, -0.1) is 10.2 Å². The summed E-state index contributed by atoms with van der Waals surface area (Å²) in [5.74, 6) is -0.747. The molecule has 2 heterocycles. The lowest BCUT2D eigenvalue weighted by Gasteiger charge is -2.11. The van der Waals surface area contributed by atoms with E-state index in [2.05, 4.69) is 15.5 Å². The van der Waals surface area contributed by atoms with Crippen LogP contribution < -0.4 is 10.9 Å². The van der Waals surface area contributed by atoms with Crippen LogP contribution in [-0.2, 0) is 4.79 Å². The Bertz CT molecular complexity index is 1570. The fourth-order valence-corrected chi connectivity index (χ4v) is 4.39. The van der Waals surface area contributed by atoms with Crippen LogP contribution >= 0.6 is 23.4 Å². The Hall–Kier alpha value is -3.69. The summed E-state index contributed by atoms with van der Waals surface area (Å²) in [7, 11) is 0. The highest BCUT2D eigenvalue weighted by Gasteiger charge is 2.18. The van der Waals surface area contributed by atoms with Gasteiger partial charge in [-0.1, -0.05) is 53.7 Å². The molecule has 2 aromatic heterocycles. The lowest BCUT2D eigenvalue weighted by molar-refractivity contribution is -0.113. The molecule has 0 aliphatic carbocycles. The second kappa shape index (κ2) is 8.68. The van der Waals surface area contributed by atoms with Gasteiger partial charge in [0, 0.05) is 5.02 Å². The van der Waals surface area contributed by atoms with E-state index in [0.717, 1.165) is 17.8 Å². The molecule has 0 aliphatic heterocycles. The first-order valence-electron chi connectivity index (χ1n) is 9.85. The fourth-order valence-electron chi connectivity index (χ4n) is 3.49. The number of halogens is 2. The SMILES string of the molecule is O=C(CSc1nnc2n(-c3ccccc3)c(=O)c3ccccc3n12)Nc1ccc(Cl)cc1F. The largest absolute Gasteiger partial charge is 0.323 e. The van der Waals surface area contributed by atoms with Gasteiger partial charge in [-0.3, -0.25) is 14.0 Å². The van der Waals surface area contributed by atoms with Gasteiger partial charge < -0.3 is 5.32 Å². The third kappa shape index (κ3) is 3.96. The van der Waals surface area contributed by atoms with Crippen LogP contribution in [0.3, 0.4) is 0 Å². The molecule has 7 nitrogen and oxygen atoms in total. The minimum absolute atomic E-state index is 0.0400. The number of anilines is 1. The van der Waals surface area contributed by atoms with Crippen molar-refractivity contribution >= 4 is 51.6 Å². The summed E-state index contributed by atoms with van der Waals surface area (Å²) in [6, 6.07) is 20.3. The Balaban J connectivity index is 1.53. The number of nitrogens with one attached hydrogen (secondary N) is 1. The molecule has 0 spiro atoms. The third-order valence-electron chi connectivity index (χ3n) is 4.95. The van der Waals surface area contributed by atoms with Crippen LogP contribution in [0.25, 0.3) is 22.4 Å². The zero-order chi connectivity index (χ0) is 22.9. The number of hydrogen-bond acceptors (Lipinski definition) is 5. The van der Waals surface area contributed by atoms with Gasteiger partial charge in [0.05, 0.1) is 28.0 Å². The van der Waals surface area contributed by atoms with Gasteiger partial charge in [0.1, 0.15) is 5.82 Å². The van der Waals surface area contributed by atoms with Crippen LogP contribution in [0.5, 0.6) is 0 Å². The van der Waals surface area contributed by atoms with Crippen molar-refractivity contribution in [3.05, 3.63) is 94.0 Å². The highest BCUT2D eigenvalue weighted by molar-refractivity contribution is 7.99. The maximum atomic E-state index is 14.0. The molecule has 0 fully saturated rings. The fraction of sp³-hybridized carbons (Fsp3) is 0.0435. The standard InChI is InChI=1S/C23H15ClFN5O2S/c24-14-10-11-18(17(25)12-14)26-20(31)13-33-23-28-27-22-29(15-6-2-1-3-7-15)21(32)16-8-4-5-9-19(16)30(22)23/h1-12H,13H2,(H,26,31). The van der Waals surface area contributed by atoms with Crippen molar-refractivity contribution in [2.75, 3.05) is 11.1 Å². The molecule has 10 heteroatoms. The van der Waals surface area contributed by atoms with Gasteiger partial charge in [0.25, 0.3) is 5.56 Å². The molecule has 0 saturated carbocycles. The molecular formula is C23H15ClFN5O2S. The van der Waals surface area contributed by atoms with Crippen LogP contribution in [0.4, 0.5) is 10.1 Å². The number of carbonyl (C=O) groups is 1. The summed E-state index contributed by atoms with van der Waals surface area (Å²) >= 11 is 6.89. The average molecular weight is 480 g/mol. The molecule has 33 heavy (non-hydrogen) atoms. The number of fused-ring (bicyclic) bond motifs is 3. The lowest BCUT2D eigenvalue weighted by Crippen LogP contribution is -2.22. The van der Waals surface area contributed by atoms with E-state index in [4.69, 9.17) is 11.6 Å². The van der Waals surface area contributed by atoms with Crippen molar-refractivity contribution < 1.29 is 9.18 Å². The van der Waals surface area contributed by atoms with Gasteiger partial charge in [0.2, 0.25) is 11.7 Å². The zero-order valence-electron chi connectivity index (χ0n) is 16.9. The highest BCUT2D eigenvalue weighted by atomic mass is 35.5. The van der Waals surface area contributed by atoms with Crippen LogP contribution in [0.1, 0.15) is 0 Å². The number of benzene rings is 3. The van der Waals surface area contributed by atoms with Crippen molar-refractivity contribution in [3.8, 4) is 5.69 Å². The van der Waals surface area contributed by atoms with Gasteiger partial charge in [-0.2, -0.15) is 0 Å². The van der Waals surface area contributed by atoms with Crippen molar-refractivity contribution in [2.24, 2.45) is 0 Å². The van der Waals surface area contributed by atoms with Gasteiger partial charge >= 0.3 is 0 Å². The first kappa shape index (κ1) is 21.2. The molecule has 0 unspecified atom stereocenters. The second-order valence-corrected chi connectivity index (χ2v) is 8.45. The molecule has 164 valence electrons. The monoisotopic (exact) mass is 479 g/mol. The number of rotatable bonds is 5. The van der Waals surface area contributed by atoms with E-state index < -0.39 is 11.7 Å². The molecule has 0 aliphatic rings. The van der Waals surface area contributed by atoms with E-state index in [9.17, 15) is 14.0 Å². The molecule has 1 amide bonds. The summed E-state index contributed by atoms with van der Waals surface area (Å²) < 4.78 is 17.2. The first-order chi connectivity index (χ1) is 16.0. The number of thioether (sulfide) groups is 1. The maximum Gasteiger partial charge on any atom is 0.267 e. The Morgan fingerprint density at radius 1 is 1.03 bits per heavy atom. The summed E-state index contributed by atoms with van der Waals surface area (Å²) in [6.45, 7) is 0. The van der Waals surface area contributed by atoms with Crippen molar-refractivity contribution in [2.45, 2.75) is 5.16 Å². The third-order valence-corrected chi connectivity index (χ3v) is 6.11. The molecule has 0 radical (unpaired) electrons. The molecule has 3 aromatic carbocycles. The Morgan fingerprint density at radius 3 is 2.58 bits per heavy atom. The summed E-state index contributed by atoms with van der Waals surface area (Å²) in [4.78, 5) is 25.7. The molecule has 5 aromatic rings. The molecule has 1 N–H and O–H groups in total. The quantitative estimate of drug-likeness (QED) is 0.374. The number of aromatic nitrogens is 4. The zero-order valence-corrected chi connectivity index (χ0v) is 18.5. The number of hydrogen-bond donors (Lipinski definition) is 1. The Morgan fingerprint density at radius 2 is 1.79 bits per heavy atom. The van der Waals surface area contributed by atoms with E-state index in [-0.39, 0.29) is 22.0 Å². The minimum atomic E-state index is -0.619. The van der Waals surface area contributed by atoms with E-state index in [1.807, 2.05) is 36.4 Å². The second-order valence-electron chi connectivity index (χ2n) is 7.07. The normalized spacial score (nSPS) is 11.2. The molecule has 5 rings (SSSR count). The van der Waals surface area contributed by atoms with Crippen molar-refractivity contribution in [1.82, 2.24) is 19.2 Å². The van der Waals surface area contributed by atoms with Crippen LogP contribution in [-0.4, -0.2) is 30.8 Å². The number of nitrogens with zero attached hydrogens (tertiary/aromatic N) is 4. The first-order valence-corrected chi connectivity index (χ1v) is 11.2. The van der Waals surface area contributed by atoms with Crippen LogP contribution in [0.2, 0.25) is 5.02 Å². The number of carbonyl (C=O) groups excluding carboxylic acids is 1. The van der Waals surface area contributed by atoms with E-state index >= 15 is 0 Å². The van der Waals surface area contributed by atoms with Gasteiger partial charge in [-0.05, 0) is 42.5 Å². The number of amides is 1. The van der Waals surface area contributed by atoms with E-state index in [0.29, 0.717) is 27.5 Å². The van der Waals surface area contributed by atoms with Crippen molar-refractivity contribution in [3.63, 3.8) is 0 Å². The van der Waals surface area contributed by atoms with Crippen molar-refractivity contribution in [1.29, 1.82) is 0 Å². The lowest BCUT2D eigenvalue weighted by atomic mass is 10.2. The van der Waals surface area contributed by atoms with E-state index in [1.165, 1.54) is 16.7 Å². The summed E-state index contributed by atoms with van der Waals surface area (Å²) in [5, 5.41) is 12.2. The molecule has 0 saturated heterocycles. The van der Waals surface area contributed by atoms with Crippen LogP contribution in [0, 0.1) is 5.82 Å². The predicted octanol–water partition coefficient (Wildman–Crippen LogP) is 4.56. The minimum Gasteiger partial charge on any atom is -0.323 e.